The van der Waals surface area contributed by atoms with E-state index >= 15 is 0 Å². The maximum absolute atomic E-state index is 11.9. The molecule has 1 aromatic heterocycles. The molecule has 0 unspecified atom stereocenters. The van der Waals surface area contributed by atoms with Crippen LogP contribution >= 0.6 is 0 Å². The predicted octanol–water partition coefficient (Wildman–Crippen LogP) is 1.28. The average molecular weight is 277 g/mol. The highest BCUT2D eigenvalue weighted by Crippen LogP contribution is 2.10. The fourth-order valence-corrected chi connectivity index (χ4v) is 2.75. The van der Waals surface area contributed by atoms with E-state index in [1.807, 2.05) is 0 Å². The van der Waals surface area contributed by atoms with Crippen molar-refractivity contribution in [2.24, 2.45) is 0 Å². The Bertz CT molecular complexity index is 642. The topological polar surface area (TPSA) is 85.1 Å². The lowest BCUT2D eigenvalue weighted by molar-refractivity contribution is 0.580. The number of hydrogen-bond acceptors (Lipinski definition) is 4. The van der Waals surface area contributed by atoms with Crippen molar-refractivity contribution >= 4 is 15.7 Å². The molecule has 1 heterocycles. The summed E-state index contributed by atoms with van der Waals surface area (Å²) in [5.41, 5.74) is 7.71. The van der Waals surface area contributed by atoms with Gasteiger partial charge in [0.15, 0.2) is 0 Å². The fourth-order valence-electron chi connectivity index (χ4n) is 1.65. The minimum absolute atomic E-state index is 0.0802. The Hall–Kier alpha value is -1.92. The first-order chi connectivity index (χ1) is 9.05. The Morgan fingerprint density at radius 2 is 1.84 bits per heavy atom. The van der Waals surface area contributed by atoms with Crippen molar-refractivity contribution in [2.45, 2.75) is 12.3 Å². The fraction of sp³-hybridized carbons (Fsp3) is 0.154. The molecule has 0 saturated carbocycles. The van der Waals surface area contributed by atoms with Crippen LogP contribution in [0.1, 0.15) is 11.1 Å². The van der Waals surface area contributed by atoms with Crippen LogP contribution in [0.2, 0.25) is 0 Å². The highest BCUT2D eigenvalue weighted by Gasteiger charge is 2.11. The summed E-state index contributed by atoms with van der Waals surface area (Å²) in [4.78, 5) is 3.88. The first-order valence-corrected chi connectivity index (χ1v) is 7.41. The van der Waals surface area contributed by atoms with Gasteiger partial charge in [0.1, 0.15) is 0 Å². The number of hydrogen-bond donors (Lipinski definition) is 2. The third-order valence-electron chi connectivity index (χ3n) is 2.55. The maximum atomic E-state index is 11.9. The summed E-state index contributed by atoms with van der Waals surface area (Å²) in [5.74, 6) is -0.0802. The van der Waals surface area contributed by atoms with E-state index < -0.39 is 10.0 Å². The summed E-state index contributed by atoms with van der Waals surface area (Å²) in [6, 6.07) is 10.4. The van der Waals surface area contributed by atoms with E-state index in [9.17, 15) is 8.42 Å². The van der Waals surface area contributed by atoms with Gasteiger partial charge in [-0.25, -0.2) is 13.1 Å². The van der Waals surface area contributed by atoms with Crippen molar-refractivity contribution < 1.29 is 8.42 Å². The Kier molecular flexibility index (Phi) is 4.13. The number of pyridine rings is 1. The summed E-state index contributed by atoms with van der Waals surface area (Å²) >= 11 is 0. The molecule has 0 fully saturated rings. The highest BCUT2D eigenvalue weighted by molar-refractivity contribution is 7.88. The van der Waals surface area contributed by atoms with Crippen LogP contribution < -0.4 is 10.5 Å². The minimum Gasteiger partial charge on any atom is -0.399 e. The zero-order chi connectivity index (χ0) is 13.7. The van der Waals surface area contributed by atoms with Crippen molar-refractivity contribution in [2.75, 3.05) is 5.73 Å². The number of anilines is 1. The number of nitrogens with zero attached hydrogens (tertiary/aromatic N) is 1. The zero-order valence-corrected chi connectivity index (χ0v) is 11.1. The summed E-state index contributed by atoms with van der Waals surface area (Å²) in [5, 5.41) is 0. The molecule has 2 rings (SSSR count). The number of rotatable bonds is 5. The molecule has 0 aliphatic heterocycles. The third-order valence-corrected chi connectivity index (χ3v) is 3.85. The molecule has 0 radical (unpaired) electrons. The van der Waals surface area contributed by atoms with E-state index in [1.54, 1.807) is 48.8 Å². The highest BCUT2D eigenvalue weighted by atomic mass is 32.2. The molecule has 6 heteroatoms. The van der Waals surface area contributed by atoms with Gasteiger partial charge in [-0.3, -0.25) is 4.98 Å². The van der Waals surface area contributed by atoms with Gasteiger partial charge in [-0.05, 0) is 35.4 Å². The molecule has 5 nitrogen and oxygen atoms in total. The first kappa shape index (κ1) is 13.5. The van der Waals surface area contributed by atoms with Gasteiger partial charge in [0.25, 0.3) is 0 Å². The Balaban J connectivity index is 1.99. The largest absolute Gasteiger partial charge is 0.399 e. The normalized spacial score (nSPS) is 11.4. The maximum Gasteiger partial charge on any atom is 0.216 e. The van der Waals surface area contributed by atoms with Crippen LogP contribution in [0.5, 0.6) is 0 Å². The van der Waals surface area contributed by atoms with Gasteiger partial charge < -0.3 is 5.73 Å². The number of aromatic nitrogens is 1. The molecule has 0 saturated heterocycles. The van der Waals surface area contributed by atoms with Gasteiger partial charge in [0.2, 0.25) is 10.0 Å². The standard InChI is InChI=1S/C13H15N3O2S/c14-13-3-1-2-12(8-13)10-19(17,18)16-9-11-4-6-15-7-5-11/h1-8,16H,9-10,14H2. The van der Waals surface area contributed by atoms with E-state index in [0.717, 1.165) is 5.56 Å². The van der Waals surface area contributed by atoms with Gasteiger partial charge in [-0.1, -0.05) is 12.1 Å². The Morgan fingerprint density at radius 3 is 2.53 bits per heavy atom. The Labute approximate surface area is 112 Å². The molecular weight excluding hydrogens is 262 g/mol. The molecular formula is C13H15N3O2S. The molecule has 1 aromatic carbocycles. The van der Waals surface area contributed by atoms with Crippen molar-refractivity contribution in [3.63, 3.8) is 0 Å². The Morgan fingerprint density at radius 1 is 1.11 bits per heavy atom. The summed E-state index contributed by atoms with van der Waals surface area (Å²) in [7, 11) is -3.38. The van der Waals surface area contributed by atoms with Crippen LogP contribution in [-0.4, -0.2) is 13.4 Å². The smallest absolute Gasteiger partial charge is 0.216 e. The van der Waals surface area contributed by atoms with E-state index in [2.05, 4.69) is 9.71 Å². The molecule has 0 amide bonds. The van der Waals surface area contributed by atoms with E-state index in [0.29, 0.717) is 11.3 Å². The van der Waals surface area contributed by atoms with Crippen LogP contribution in [0.4, 0.5) is 5.69 Å². The van der Waals surface area contributed by atoms with Crippen molar-refractivity contribution in [3.05, 3.63) is 59.9 Å². The summed E-state index contributed by atoms with van der Waals surface area (Å²) < 4.78 is 26.4. The second-order valence-corrected chi connectivity index (χ2v) is 5.99. The molecule has 0 aliphatic rings. The first-order valence-electron chi connectivity index (χ1n) is 5.76. The van der Waals surface area contributed by atoms with Gasteiger partial charge in [-0.15, -0.1) is 0 Å². The van der Waals surface area contributed by atoms with Crippen molar-refractivity contribution in [1.29, 1.82) is 0 Å². The predicted molar refractivity (Wildman–Crippen MR) is 74.6 cm³/mol. The summed E-state index contributed by atoms with van der Waals surface area (Å²) in [6.07, 6.45) is 3.25. The average Bonchev–Trinajstić information content (AvgIpc) is 2.37. The monoisotopic (exact) mass is 277 g/mol. The lowest BCUT2D eigenvalue weighted by atomic mass is 10.2. The molecule has 100 valence electrons. The number of nitrogen functional groups attached to an aromatic ring is 1. The molecule has 0 atom stereocenters. The lowest BCUT2D eigenvalue weighted by Gasteiger charge is -2.07. The van der Waals surface area contributed by atoms with Gasteiger partial charge in [0, 0.05) is 24.6 Å². The van der Waals surface area contributed by atoms with E-state index in [1.165, 1.54) is 0 Å². The molecule has 0 spiro atoms. The van der Waals surface area contributed by atoms with E-state index in [4.69, 9.17) is 5.73 Å². The molecule has 0 bridgehead atoms. The quantitative estimate of drug-likeness (QED) is 0.806. The number of nitrogens with two attached hydrogens (primary N) is 1. The summed E-state index contributed by atoms with van der Waals surface area (Å²) in [6.45, 7) is 0.257. The number of benzene rings is 1. The zero-order valence-electron chi connectivity index (χ0n) is 10.3. The van der Waals surface area contributed by atoms with E-state index in [-0.39, 0.29) is 12.3 Å². The minimum atomic E-state index is -3.38. The van der Waals surface area contributed by atoms with Crippen molar-refractivity contribution in [3.8, 4) is 0 Å². The molecule has 2 aromatic rings. The van der Waals surface area contributed by atoms with Crippen LogP contribution in [0.25, 0.3) is 0 Å². The third kappa shape index (κ3) is 4.35. The van der Waals surface area contributed by atoms with Crippen LogP contribution in [-0.2, 0) is 22.3 Å². The molecule has 0 aliphatic carbocycles. The lowest BCUT2D eigenvalue weighted by Crippen LogP contribution is -2.24. The van der Waals surface area contributed by atoms with Gasteiger partial charge in [0.05, 0.1) is 5.75 Å². The SMILES string of the molecule is Nc1cccc(CS(=O)(=O)NCc2ccncc2)c1. The van der Waals surface area contributed by atoms with Crippen LogP contribution in [0.15, 0.2) is 48.8 Å². The second kappa shape index (κ2) is 5.81. The number of sulfonamides is 1. The van der Waals surface area contributed by atoms with Crippen LogP contribution in [0.3, 0.4) is 0 Å². The molecule has 19 heavy (non-hydrogen) atoms. The number of nitrogens with one attached hydrogen (secondary N) is 1. The second-order valence-electron chi connectivity index (χ2n) is 4.18. The van der Waals surface area contributed by atoms with Crippen molar-refractivity contribution in [1.82, 2.24) is 9.71 Å². The molecule has 3 N–H and O–H groups in total. The van der Waals surface area contributed by atoms with Gasteiger partial charge in [-0.2, -0.15) is 0 Å². The van der Waals surface area contributed by atoms with Crippen LogP contribution in [0, 0.1) is 0 Å². The van der Waals surface area contributed by atoms with Gasteiger partial charge >= 0.3 is 0 Å².